The Morgan fingerprint density at radius 1 is 0.875 bits per heavy atom. The van der Waals surface area contributed by atoms with Crippen molar-refractivity contribution in [2.45, 2.75) is 27.7 Å². The zero-order valence-electron chi connectivity index (χ0n) is 10.3. The highest BCUT2D eigenvalue weighted by molar-refractivity contribution is 5.70. The lowest BCUT2D eigenvalue weighted by molar-refractivity contribution is 1.23. The van der Waals surface area contributed by atoms with Crippen LogP contribution in [0.15, 0.2) is 30.5 Å². The molecule has 0 fully saturated rings. The van der Waals surface area contributed by atoms with Gasteiger partial charge < -0.3 is 0 Å². The summed E-state index contributed by atoms with van der Waals surface area (Å²) in [5, 5.41) is 0. The number of pyridine rings is 1. The van der Waals surface area contributed by atoms with Crippen molar-refractivity contribution in [3.05, 3.63) is 52.7 Å². The van der Waals surface area contributed by atoms with Gasteiger partial charge in [0.15, 0.2) is 0 Å². The molecule has 0 atom stereocenters. The fraction of sp³-hybridized carbons (Fsp3) is 0.267. The first-order valence-corrected chi connectivity index (χ1v) is 5.59. The minimum Gasteiger partial charge on any atom is -0.256 e. The second-order valence-electron chi connectivity index (χ2n) is 4.44. The third-order valence-corrected chi connectivity index (χ3v) is 2.92. The van der Waals surface area contributed by atoms with E-state index in [9.17, 15) is 0 Å². The molecule has 0 unspecified atom stereocenters. The second kappa shape index (κ2) is 4.09. The summed E-state index contributed by atoms with van der Waals surface area (Å²) in [4.78, 5) is 4.50. The average molecular weight is 211 g/mol. The maximum Gasteiger partial charge on any atom is 0.0736 e. The van der Waals surface area contributed by atoms with Gasteiger partial charge in [0.05, 0.1) is 5.69 Å². The van der Waals surface area contributed by atoms with E-state index >= 15 is 0 Å². The standard InChI is InChI=1S/C15H17N/c1-10-8-12(3)14(13(4)9-10)15-11(2)6-5-7-16-15/h5-9H,1-4H3. The molecule has 1 aromatic heterocycles. The third-order valence-electron chi connectivity index (χ3n) is 2.92. The molecule has 1 heterocycles. The van der Waals surface area contributed by atoms with Crippen molar-refractivity contribution < 1.29 is 0 Å². The minimum absolute atomic E-state index is 1.11. The van der Waals surface area contributed by atoms with Crippen molar-refractivity contribution >= 4 is 0 Å². The molecule has 0 radical (unpaired) electrons. The van der Waals surface area contributed by atoms with E-state index in [0.717, 1.165) is 5.69 Å². The van der Waals surface area contributed by atoms with Crippen LogP contribution in [0.3, 0.4) is 0 Å². The lowest BCUT2D eigenvalue weighted by atomic mass is 9.95. The van der Waals surface area contributed by atoms with E-state index in [2.05, 4.69) is 50.9 Å². The Balaban J connectivity index is 2.70. The van der Waals surface area contributed by atoms with Gasteiger partial charge in [-0.15, -0.1) is 0 Å². The number of aromatic nitrogens is 1. The van der Waals surface area contributed by atoms with Crippen LogP contribution < -0.4 is 0 Å². The van der Waals surface area contributed by atoms with E-state index in [0.29, 0.717) is 0 Å². The van der Waals surface area contributed by atoms with Crippen molar-refractivity contribution in [3.8, 4) is 11.3 Å². The summed E-state index contributed by atoms with van der Waals surface area (Å²) in [7, 11) is 0. The third kappa shape index (κ3) is 1.85. The maximum absolute atomic E-state index is 4.50. The molecule has 0 N–H and O–H groups in total. The Kier molecular flexibility index (Phi) is 2.78. The van der Waals surface area contributed by atoms with Gasteiger partial charge in [-0.05, 0) is 50.5 Å². The molecule has 0 bridgehead atoms. The number of hydrogen-bond acceptors (Lipinski definition) is 1. The van der Waals surface area contributed by atoms with Gasteiger partial charge in [0.1, 0.15) is 0 Å². The SMILES string of the molecule is Cc1cc(C)c(-c2ncccc2C)c(C)c1. The molecular weight excluding hydrogens is 194 g/mol. The highest BCUT2D eigenvalue weighted by atomic mass is 14.7. The Labute approximate surface area is 97.2 Å². The van der Waals surface area contributed by atoms with Gasteiger partial charge in [0, 0.05) is 11.8 Å². The van der Waals surface area contributed by atoms with Crippen LogP contribution in [0.2, 0.25) is 0 Å². The molecule has 1 heteroatoms. The molecule has 0 saturated carbocycles. The van der Waals surface area contributed by atoms with Crippen molar-refractivity contribution in [1.82, 2.24) is 4.98 Å². The Morgan fingerprint density at radius 3 is 2.06 bits per heavy atom. The lowest BCUT2D eigenvalue weighted by Gasteiger charge is -2.12. The van der Waals surface area contributed by atoms with E-state index in [-0.39, 0.29) is 0 Å². The Hall–Kier alpha value is -1.63. The van der Waals surface area contributed by atoms with Crippen LogP contribution >= 0.6 is 0 Å². The fourth-order valence-electron chi connectivity index (χ4n) is 2.30. The summed E-state index contributed by atoms with van der Waals surface area (Å²) in [5.74, 6) is 0. The fourth-order valence-corrected chi connectivity index (χ4v) is 2.30. The van der Waals surface area contributed by atoms with Crippen LogP contribution in [0, 0.1) is 27.7 Å². The van der Waals surface area contributed by atoms with E-state index in [1.807, 2.05) is 12.3 Å². The molecule has 1 aromatic carbocycles. The van der Waals surface area contributed by atoms with Gasteiger partial charge >= 0.3 is 0 Å². The van der Waals surface area contributed by atoms with E-state index < -0.39 is 0 Å². The summed E-state index contributed by atoms with van der Waals surface area (Å²) in [5.41, 5.74) is 7.55. The van der Waals surface area contributed by atoms with Gasteiger partial charge in [-0.2, -0.15) is 0 Å². The molecule has 0 aliphatic carbocycles. The van der Waals surface area contributed by atoms with Crippen molar-refractivity contribution in [1.29, 1.82) is 0 Å². The van der Waals surface area contributed by atoms with Gasteiger partial charge in [-0.3, -0.25) is 4.98 Å². The van der Waals surface area contributed by atoms with Crippen LogP contribution in [0.1, 0.15) is 22.3 Å². The number of aryl methyl sites for hydroxylation is 4. The molecule has 16 heavy (non-hydrogen) atoms. The van der Waals surface area contributed by atoms with Gasteiger partial charge in [-0.1, -0.05) is 23.8 Å². The molecule has 0 saturated heterocycles. The van der Waals surface area contributed by atoms with Crippen LogP contribution in [0.25, 0.3) is 11.3 Å². The van der Waals surface area contributed by atoms with Crippen LogP contribution in [-0.2, 0) is 0 Å². The zero-order chi connectivity index (χ0) is 11.7. The van der Waals surface area contributed by atoms with Crippen molar-refractivity contribution in [2.24, 2.45) is 0 Å². The first kappa shape index (κ1) is 10.9. The molecule has 2 rings (SSSR count). The minimum atomic E-state index is 1.11. The van der Waals surface area contributed by atoms with Gasteiger partial charge in [-0.25, -0.2) is 0 Å². The van der Waals surface area contributed by atoms with Crippen molar-refractivity contribution in [3.63, 3.8) is 0 Å². The van der Waals surface area contributed by atoms with Crippen LogP contribution in [0.5, 0.6) is 0 Å². The van der Waals surface area contributed by atoms with E-state index in [1.165, 1.54) is 27.8 Å². The van der Waals surface area contributed by atoms with Gasteiger partial charge in [0.2, 0.25) is 0 Å². The lowest BCUT2D eigenvalue weighted by Crippen LogP contribution is -1.94. The second-order valence-corrected chi connectivity index (χ2v) is 4.44. The Morgan fingerprint density at radius 2 is 1.50 bits per heavy atom. The number of benzene rings is 1. The number of rotatable bonds is 1. The van der Waals surface area contributed by atoms with Crippen LogP contribution in [-0.4, -0.2) is 4.98 Å². The van der Waals surface area contributed by atoms with E-state index in [4.69, 9.17) is 0 Å². The predicted octanol–water partition coefficient (Wildman–Crippen LogP) is 3.98. The number of hydrogen-bond donors (Lipinski definition) is 0. The summed E-state index contributed by atoms with van der Waals surface area (Å²) in [6.45, 7) is 8.56. The van der Waals surface area contributed by atoms with E-state index in [1.54, 1.807) is 0 Å². The monoisotopic (exact) mass is 211 g/mol. The molecule has 0 aliphatic rings. The maximum atomic E-state index is 4.50. The highest BCUT2D eigenvalue weighted by Crippen LogP contribution is 2.28. The smallest absolute Gasteiger partial charge is 0.0736 e. The largest absolute Gasteiger partial charge is 0.256 e. The summed E-state index contributed by atoms with van der Waals surface area (Å²) >= 11 is 0. The summed E-state index contributed by atoms with van der Waals surface area (Å²) < 4.78 is 0. The first-order chi connectivity index (χ1) is 7.59. The molecule has 0 aliphatic heterocycles. The van der Waals surface area contributed by atoms with Gasteiger partial charge in [0.25, 0.3) is 0 Å². The molecule has 1 nitrogen and oxygen atoms in total. The molecule has 82 valence electrons. The predicted molar refractivity (Wildman–Crippen MR) is 68.6 cm³/mol. The molecule has 0 spiro atoms. The highest BCUT2D eigenvalue weighted by Gasteiger charge is 2.09. The quantitative estimate of drug-likeness (QED) is 0.695. The summed E-state index contributed by atoms with van der Waals surface area (Å²) in [6.07, 6.45) is 1.86. The Bertz CT molecular complexity index is 504. The summed E-state index contributed by atoms with van der Waals surface area (Å²) in [6, 6.07) is 8.53. The molecular formula is C15H17N. The first-order valence-electron chi connectivity index (χ1n) is 5.59. The van der Waals surface area contributed by atoms with Crippen LogP contribution in [0.4, 0.5) is 0 Å². The zero-order valence-corrected chi connectivity index (χ0v) is 10.3. The topological polar surface area (TPSA) is 12.9 Å². The molecule has 0 amide bonds. The normalized spacial score (nSPS) is 10.5. The average Bonchev–Trinajstić information content (AvgIpc) is 2.19. The number of nitrogens with zero attached hydrogens (tertiary/aromatic N) is 1. The molecule has 2 aromatic rings. The van der Waals surface area contributed by atoms with Crippen molar-refractivity contribution in [2.75, 3.05) is 0 Å².